The first-order valence-corrected chi connectivity index (χ1v) is 18.0. The zero-order valence-electron chi connectivity index (χ0n) is 25.0. The summed E-state index contributed by atoms with van der Waals surface area (Å²) < 4.78 is 24.5. The van der Waals surface area contributed by atoms with Gasteiger partial charge in [0, 0.05) is 56.9 Å². The summed E-state index contributed by atoms with van der Waals surface area (Å²) in [5, 5.41) is 4.13. The third-order valence-electron chi connectivity index (χ3n) is 8.79. The van der Waals surface area contributed by atoms with Gasteiger partial charge in [-0.15, -0.1) is 11.3 Å². The molecule has 1 aromatic carbocycles. The van der Waals surface area contributed by atoms with E-state index in [2.05, 4.69) is 31.0 Å². The number of Topliss-reactive ketones (excluding diaryl/α,β-unsaturated/α-hetero) is 2. The van der Waals surface area contributed by atoms with Crippen molar-refractivity contribution in [3.05, 3.63) is 40.9 Å². The molecule has 0 unspecified atom stereocenters. The topological polar surface area (TPSA) is 114 Å². The fourth-order valence-electron chi connectivity index (χ4n) is 6.03. The Kier molecular flexibility index (Phi) is 11.5. The molecule has 0 radical (unpaired) electrons. The fraction of sp³-hybridized carbons (Fsp3) is 0.625. The number of nitrogens with zero attached hydrogens (tertiary/aromatic N) is 2. The van der Waals surface area contributed by atoms with Gasteiger partial charge in [-0.05, 0) is 49.3 Å². The number of carbonyl (C=O) groups excluding carboxylic acids is 3. The molecule has 2 atom stereocenters. The monoisotopic (exact) mass is 615 g/mol. The van der Waals surface area contributed by atoms with E-state index in [1.807, 2.05) is 17.9 Å². The van der Waals surface area contributed by atoms with Gasteiger partial charge in [0.1, 0.15) is 5.78 Å². The quantitative estimate of drug-likeness (QED) is 0.289. The van der Waals surface area contributed by atoms with Crippen molar-refractivity contribution in [3.8, 4) is 0 Å². The molecule has 2 aromatic rings. The van der Waals surface area contributed by atoms with Crippen molar-refractivity contribution >= 4 is 48.9 Å². The minimum absolute atomic E-state index is 0.0423. The maximum absolute atomic E-state index is 13.7. The van der Waals surface area contributed by atoms with Gasteiger partial charge >= 0.3 is 0 Å². The summed E-state index contributed by atoms with van der Waals surface area (Å²) in [5.41, 5.74) is 2.65. The van der Waals surface area contributed by atoms with Crippen molar-refractivity contribution in [2.75, 3.05) is 31.1 Å². The number of benzene rings is 1. The number of hydrogen-bond acceptors (Lipinski definition) is 8. The Morgan fingerprint density at radius 3 is 2.52 bits per heavy atom. The molecule has 1 amide bonds. The average Bonchev–Trinajstić information content (AvgIpc) is 3.65. The van der Waals surface area contributed by atoms with E-state index in [0.717, 1.165) is 47.3 Å². The number of carbonyl (C=O) groups is 3. The minimum atomic E-state index is -2.98. The van der Waals surface area contributed by atoms with Crippen LogP contribution in [-0.4, -0.2) is 73.0 Å². The largest absolute Gasteiger partial charge is 0.353 e. The summed E-state index contributed by atoms with van der Waals surface area (Å²) >= 11 is 1.59. The SMILES string of the molecule is C=C(CN1CCS(=O)(=O)CC1)C(=O)CC[C@@H](NC(=O)[C@@H](CC(=O)CC)Cc1nc2ccc(CC)cc2s1)C1CCCC1. The molecule has 0 bridgehead atoms. The highest BCUT2D eigenvalue weighted by atomic mass is 32.2. The molecule has 8 nitrogen and oxygen atoms in total. The van der Waals surface area contributed by atoms with Gasteiger partial charge in [0.25, 0.3) is 0 Å². The summed E-state index contributed by atoms with van der Waals surface area (Å²) in [5.74, 6) is -0.0967. The number of sulfone groups is 1. The second-order valence-electron chi connectivity index (χ2n) is 11.9. The standard InChI is InChI=1S/C32H45N3O5S2/c1-4-23-10-11-28-30(18-23)41-31(33-28)20-25(19-26(36)5-2)32(38)34-27(24-8-6-7-9-24)12-13-29(37)22(3)21-35-14-16-42(39,40)17-15-35/h10-11,18,24-25,27H,3-9,12-17,19-21H2,1-2H3,(H,34,38)/t25-,27+/m0/s1. The number of rotatable bonds is 15. The number of ketones is 2. The van der Waals surface area contributed by atoms with Crippen LogP contribution in [0.25, 0.3) is 10.2 Å². The highest BCUT2D eigenvalue weighted by molar-refractivity contribution is 7.91. The van der Waals surface area contributed by atoms with E-state index in [-0.39, 0.29) is 47.9 Å². The van der Waals surface area contributed by atoms with Crippen LogP contribution in [0, 0.1) is 11.8 Å². The lowest BCUT2D eigenvalue weighted by Crippen LogP contribution is -2.44. The smallest absolute Gasteiger partial charge is 0.224 e. The van der Waals surface area contributed by atoms with Crippen LogP contribution in [0.1, 0.15) is 75.8 Å². The molecule has 230 valence electrons. The summed E-state index contributed by atoms with van der Waals surface area (Å²) in [6, 6.07) is 6.11. The first kappa shape index (κ1) is 32.5. The molecule has 1 aliphatic carbocycles. The average molecular weight is 616 g/mol. The number of fused-ring (bicyclic) bond motifs is 1. The fourth-order valence-corrected chi connectivity index (χ4v) is 8.42. The first-order chi connectivity index (χ1) is 20.1. The maximum Gasteiger partial charge on any atom is 0.224 e. The molecule has 0 spiro atoms. The van der Waals surface area contributed by atoms with Crippen molar-refractivity contribution in [1.82, 2.24) is 15.2 Å². The molecular weight excluding hydrogens is 571 g/mol. The molecular formula is C32H45N3O5S2. The molecule has 4 rings (SSSR count). The van der Waals surface area contributed by atoms with Crippen molar-refractivity contribution in [2.24, 2.45) is 11.8 Å². The Morgan fingerprint density at radius 1 is 1.14 bits per heavy atom. The van der Waals surface area contributed by atoms with Crippen molar-refractivity contribution in [2.45, 2.75) is 84.1 Å². The Bertz CT molecular complexity index is 1380. The van der Waals surface area contributed by atoms with Gasteiger partial charge in [0.15, 0.2) is 15.6 Å². The minimum Gasteiger partial charge on any atom is -0.353 e. The lowest BCUT2D eigenvalue weighted by molar-refractivity contribution is -0.130. The van der Waals surface area contributed by atoms with Crippen molar-refractivity contribution in [3.63, 3.8) is 0 Å². The Labute approximate surface area is 254 Å². The molecule has 1 aliphatic heterocycles. The van der Waals surface area contributed by atoms with Crippen molar-refractivity contribution < 1.29 is 22.8 Å². The zero-order chi connectivity index (χ0) is 30.3. The highest BCUT2D eigenvalue weighted by Gasteiger charge is 2.31. The normalized spacial score (nSPS) is 19.0. The molecule has 10 heteroatoms. The van der Waals surface area contributed by atoms with E-state index in [1.54, 1.807) is 11.3 Å². The summed E-state index contributed by atoms with van der Waals surface area (Å²) in [6.07, 6.45) is 6.97. The third-order valence-corrected chi connectivity index (χ3v) is 11.4. The molecule has 1 saturated heterocycles. The number of aromatic nitrogens is 1. The van der Waals surface area contributed by atoms with E-state index in [9.17, 15) is 22.8 Å². The van der Waals surface area contributed by atoms with E-state index in [0.29, 0.717) is 50.4 Å². The van der Waals surface area contributed by atoms with E-state index < -0.39 is 15.8 Å². The summed E-state index contributed by atoms with van der Waals surface area (Å²) in [4.78, 5) is 46.0. The zero-order valence-corrected chi connectivity index (χ0v) is 26.7. The van der Waals surface area contributed by atoms with Crippen LogP contribution in [0.15, 0.2) is 30.4 Å². The Balaban J connectivity index is 1.40. The summed E-state index contributed by atoms with van der Waals surface area (Å²) in [7, 11) is -2.98. The van der Waals surface area contributed by atoms with Gasteiger partial charge in [-0.1, -0.05) is 39.3 Å². The van der Waals surface area contributed by atoms with Crippen LogP contribution >= 0.6 is 11.3 Å². The third kappa shape index (κ3) is 9.04. The highest BCUT2D eigenvalue weighted by Crippen LogP contribution is 2.31. The molecule has 2 aliphatic rings. The van der Waals surface area contributed by atoms with Gasteiger partial charge in [-0.25, -0.2) is 13.4 Å². The Hall–Kier alpha value is -2.43. The van der Waals surface area contributed by atoms with Gasteiger partial charge < -0.3 is 5.32 Å². The van der Waals surface area contributed by atoms with Crippen LogP contribution in [-0.2, 0) is 37.1 Å². The van der Waals surface area contributed by atoms with Crippen molar-refractivity contribution in [1.29, 1.82) is 0 Å². The van der Waals surface area contributed by atoms with E-state index >= 15 is 0 Å². The number of aryl methyl sites for hydroxylation is 1. The van der Waals surface area contributed by atoms with Gasteiger partial charge in [0.05, 0.1) is 32.6 Å². The molecule has 1 N–H and O–H groups in total. The summed E-state index contributed by atoms with van der Waals surface area (Å²) in [6.45, 7) is 9.15. The lowest BCUT2D eigenvalue weighted by Gasteiger charge is -2.28. The molecule has 1 saturated carbocycles. The number of nitrogens with one attached hydrogen (secondary N) is 1. The number of hydrogen-bond donors (Lipinski definition) is 1. The van der Waals surface area contributed by atoms with Gasteiger partial charge in [-0.2, -0.15) is 0 Å². The van der Waals surface area contributed by atoms with Crippen LogP contribution in [0.3, 0.4) is 0 Å². The molecule has 42 heavy (non-hydrogen) atoms. The van der Waals surface area contributed by atoms with E-state index in [1.165, 1.54) is 5.56 Å². The molecule has 1 aromatic heterocycles. The Morgan fingerprint density at radius 2 is 1.86 bits per heavy atom. The van der Waals surface area contributed by atoms with Crippen LogP contribution in [0.5, 0.6) is 0 Å². The maximum atomic E-state index is 13.7. The lowest BCUT2D eigenvalue weighted by atomic mass is 9.90. The van der Waals surface area contributed by atoms with E-state index in [4.69, 9.17) is 4.98 Å². The van der Waals surface area contributed by atoms with Crippen LogP contribution < -0.4 is 5.32 Å². The molecule has 2 fully saturated rings. The number of thiazole rings is 1. The predicted octanol–water partition coefficient (Wildman–Crippen LogP) is 4.70. The predicted molar refractivity (Wildman–Crippen MR) is 168 cm³/mol. The second kappa shape index (κ2) is 14.8. The second-order valence-corrected chi connectivity index (χ2v) is 15.3. The van der Waals surface area contributed by atoms with Gasteiger partial charge in [-0.3, -0.25) is 19.3 Å². The van der Waals surface area contributed by atoms with Crippen LogP contribution in [0.2, 0.25) is 0 Å². The first-order valence-electron chi connectivity index (χ1n) is 15.4. The molecule has 2 heterocycles. The number of amides is 1. The van der Waals surface area contributed by atoms with Crippen LogP contribution in [0.4, 0.5) is 0 Å². The van der Waals surface area contributed by atoms with Gasteiger partial charge in [0.2, 0.25) is 5.91 Å².